The molecular weight excluding hydrogens is 919 g/mol. The van der Waals surface area contributed by atoms with Gasteiger partial charge >= 0.3 is 107 Å². The quantitative estimate of drug-likeness (QED) is 0.135. The second kappa shape index (κ2) is 12.5. The first-order chi connectivity index (χ1) is 22.9. The van der Waals surface area contributed by atoms with Gasteiger partial charge in [0.1, 0.15) is 0 Å². The summed E-state index contributed by atoms with van der Waals surface area (Å²) in [7, 11) is 0. The van der Waals surface area contributed by atoms with Crippen molar-refractivity contribution in [1.29, 1.82) is 0 Å². The van der Waals surface area contributed by atoms with Gasteiger partial charge in [0.2, 0.25) is 0 Å². The Morgan fingerprint density at radius 3 is 0.382 bits per heavy atom. The zero-order valence-electron chi connectivity index (χ0n) is 23.0. The van der Waals surface area contributed by atoms with Crippen LogP contribution in [0, 0.1) is 6.43 Å². The van der Waals surface area contributed by atoms with Gasteiger partial charge in [-0.15, -0.1) is 0 Å². The molecule has 0 aliphatic rings. The lowest BCUT2D eigenvalue weighted by Crippen LogP contribution is -2.80. The number of hydrogen-bond acceptors (Lipinski definition) is 0. The van der Waals surface area contributed by atoms with Crippen molar-refractivity contribution in [2.45, 2.75) is 101 Å². The molecule has 0 amide bonds. The monoisotopic (exact) mass is 919 g/mol. The van der Waals surface area contributed by atoms with E-state index in [2.05, 4.69) is 0 Å². The highest BCUT2D eigenvalue weighted by atomic mass is 19.4. The van der Waals surface area contributed by atoms with Crippen LogP contribution in [-0.2, 0) is 0 Å². The maximum absolute atomic E-state index is 13.8. The van der Waals surface area contributed by atoms with Crippen molar-refractivity contribution in [2.24, 2.45) is 0 Å². The molecule has 55 heavy (non-hydrogen) atoms. The van der Waals surface area contributed by atoms with Gasteiger partial charge in [0.25, 0.3) is 0 Å². The molecule has 0 spiro atoms. The summed E-state index contributed by atoms with van der Waals surface area (Å²) in [5, 5.41) is 0. The fourth-order valence-corrected chi connectivity index (χ4v) is 3.06. The van der Waals surface area contributed by atoms with E-state index in [0.29, 0.717) is 0 Å². The number of alkyl halides is 35. The van der Waals surface area contributed by atoms with Gasteiger partial charge in [0.05, 0.1) is 0 Å². The zero-order valence-corrected chi connectivity index (χ0v) is 23.0. The Kier molecular flexibility index (Phi) is 11.9. The lowest BCUT2D eigenvalue weighted by atomic mass is 9.82. The average Bonchev–Trinajstić information content (AvgIpc) is 2.94. The molecule has 0 aliphatic heterocycles. The number of rotatable bonds is 16. The highest BCUT2D eigenvalue weighted by molar-refractivity contribution is 5.23. The Morgan fingerprint density at radius 1 is 0.164 bits per heavy atom. The molecule has 0 bridgehead atoms. The largest absolute Gasteiger partial charge is 0.460 e. The fraction of sp³-hybridized carbons (Fsp3) is 0.944. The molecule has 0 N–H and O–H groups in total. The van der Waals surface area contributed by atoms with Crippen LogP contribution < -0.4 is 0 Å². The maximum Gasteiger partial charge on any atom is 0.460 e. The first-order valence-electron chi connectivity index (χ1n) is 11.2. The van der Waals surface area contributed by atoms with E-state index in [4.69, 9.17) is 0 Å². The molecule has 0 aromatic heterocycles. The third-order valence-electron chi connectivity index (χ3n) is 6.51. The van der Waals surface area contributed by atoms with Crippen molar-refractivity contribution in [3.63, 3.8) is 0 Å². The topological polar surface area (TPSA) is 0 Å². The van der Waals surface area contributed by atoms with Crippen molar-refractivity contribution >= 4 is 0 Å². The van der Waals surface area contributed by atoms with E-state index in [1.54, 1.807) is 0 Å². The van der Waals surface area contributed by atoms with Gasteiger partial charge in [0.15, 0.2) is 0 Å². The van der Waals surface area contributed by atoms with Gasteiger partial charge in [-0.3, -0.25) is 0 Å². The average molecular weight is 919 g/mol. The molecule has 37 heteroatoms. The standard InChI is InChI=1S/C18F37/c19-1(20)2(21,22)3(23,24)4(25,26)5(27,28)6(29,30)7(31,32)8(33,34)9(35,36)10(37,38)11(39,40)12(41,42)13(43,44)14(45,46)15(47,48)16(49,50)17(51,52)18(53,54)55. The van der Waals surface area contributed by atoms with Gasteiger partial charge < -0.3 is 0 Å². The number of halogens is 37. The third-order valence-corrected chi connectivity index (χ3v) is 6.51. The van der Waals surface area contributed by atoms with Crippen LogP contribution in [0.25, 0.3) is 0 Å². The summed E-state index contributed by atoms with van der Waals surface area (Å²) in [4.78, 5) is 0. The minimum atomic E-state index is -10.4. The second-order valence-electron chi connectivity index (χ2n) is 9.95. The molecule has 331 valence electrons. The SMILES string of the molecule is F[C](F)C(F)(F)C(F)(F)C(F)(F)C(F)(F)C(F)(F)C(F)(F)C(F)(F)C(F)(F)C(F)(F)C(F)(F)C(F)(F)C(F)(F)C(F)(F)C(F)(F)C(F)(F)C(F)(F)C(F)(F)F. The van der Waals surface area contributed by atoms with Gasteiger partial charge in [-0.2, -0.15) is 162 Å². The van der Waals surface area contributed by atoms with Crippen LogP contribution in [0.2, 0.25) is 0 Å². The Labute approximate surface area is 271 Å². The molecule has 1 radical (unpaired) electrons. The predicted octanol–water partition coefficient (Wildman–Crippen LogP) is 12.1. The Balaban J connectivity index is 7.82. The second-order valence-corrected chi connectivity index (χ2v) is 9.95. The van der Waals surface area contributed by atoms with Crippen molar-refractivity contribution in [1.82, 2.24) is 0 Å². The van der Waals surface area contributed by atoms with E-state index in [1.165, 1.54) is 0 Å². The predicted molar refractivity (Wildman–Crippen MR) is 90.7 cm³/mol. The Morgan fingerprint density at radius 2 is 0.273 bits per heavy atom. The molecule has 0 unspecified atom stereocenters. The van der Waals surface area contributed by atoms with Crippen LogP contribution in [0.4, 0.5) is 162 Å². The highest BCUT2D eigenvalue weighted by Crippen LogP contribution is 2.70. The molecule has 0 rings (SSSR count). The van der Waals surface area contributed by atoms with Crippen LogP contribution in [0.3, 0.4) is 0 Å². The van der Waals surface area contributed by atoms with Crippen molar-refractivity contribution < 1.29 is 162 Å². The molecule has 0 nitrogen and oxygen atoms in total. The van der Waals surface area contributed by atoms with Gasteiger partial charge in [-0.25, -0.2) is 0 Å². The van der Waals surface area contributed by atoms with E-state index in [1.807, 2.05) is 0 Å². The van der Waals surface area contributed by atoms with Crippen molar-refractivity contribution in [2.75, 3.05) is 0 Å². The van der Waals surface area contributed by atoms with E-state index in [9.17, 15) is 162 Å². The highest BCUT2D eigenvalue weighted by Gasteiger charge is 3.02. The molecule has 0 atom stereocenters. The first kappa shape index (κ1) is 52.4. The summed E-state index contributed by atoms with van der Waals surface area (Å²) < 4.78 is 491. The van der Waals surface area contributed by atoms with Crippen LogP contribution in [0.15, 0.2) is 0 Å². The molecular formula is C18F37. The fourth-order valence-electron chi connectivity index (χ4n) is 3.06. The van der Waals surface area contributed by atoms with E-state index in [0.717, 1.165) is 0 Å². The summed E-state index contributed by atoms with van der Waals surface area (Å²) in [5.41, 5.74) is 0. The van der Waals surface area contributed by atoms with Crippen LogP contribution in [0.5, 0.6) is 0 Å². The zero-order chi connectivity index (χ0) is 46.1. The van der Waals surface area contributed by atoms with E-state index < -0.39 is 107 Å². The van der Waals surface area contributed by atoms with Crippen LogP contribution >= 0.6 is 0 Å². The summed E-state index contributed by atoms with van der Waals surface area (Å²) in [6.07, 6.45) is -14.1. The molecule has 0 aliphatic carbocycles. The summed E-state index contributed by atoms with van der Waals surface area (Å²) in [6.45, 7) is 0. The summed E-state index contributed by atoms with van der Waals surface area (Å²) in [5.74, 6) is -158. The van der Waals surface area contributed by atoms with Gasteiger partial charge in [-0.05, 0) is 0 Å². The summed E-state index contributed by atoms with van der Waals surface area (Å²) in [6, 6.07) is 0. The van der Waals surface area contributed by atoms with E-state index in [-0.39, 0.29) is 0 Å². The third kappa shape index (κ3) is 5.78. The van der Waals surface area contributed by atoms with Crippen molar-refractivity contribution in [3.8, 4) is 0 Å². The molecule has 0 saturated carbocycles. The molecule has 0 aromatic carbocycles. The minimum absolute atomic E-state index is 5.62. The first-order valence-corrected chi connectivity index (χ1v) is 11.2. The smallest absolute Gasteiger partial charge is 0.192 e. The van der Waals surface area contributed by atoms with Gasteiger partial charge in [-0.1, -0.05) is 0 Å². The lowest BCUT2D eigenvalue weighted by molar-refractivity contribution is -0.492. The molecule has 0 fully saturated rings. The molecule has 0 saturated heterocycles. The molecule has 0 heterocycles. The van der Waals surface area contributed by atoms with Gasteiger partial charge in [0, 0.05) is 0 Å². The molecule has 0 aromatic rings. The van der Waals surface area contributed by atoms with Crippen molar-refractivity contribution in [3.05, 3.63) is 6.43 Å². The maximum atomic E-state index is 13.8. The Hall–Kier alpha value is -2.59. The van der Waals surface area contributed by atoms with Crippen LogP contribution in [0.1, 0.15) is 0 Å². The minimum Gasteiger partial charge on any atom is -0.192 e. The lowest BCUT2D eigenvalue weighted by Gasteiger charge is -2.47. The summed E-state index contributed by atoms with van der Waals surface area (Å²) >= 11 is 0. The van der Waals surface area contributed by atoms with E-state index >= 15 is 0 Å². The normalized spacial score (nSPS) is 17.3. The number of hydrogen-bond donors (Lipinski definition) is 0. The Bertz CT molecular complexity index is 1380. The van der Waals surface area contributed by atoms with Crippen LogP contribution in [-0.4, -0.2) is 101 Å².